The highest BCUT2D eigenvalue weighted by atomic mass is 19.1. The lowest BCUT2D eigenvalue weighted by molar-refractivity contribution is 0.0939. The van der Waals surface area contributed by atoms with Crippen LogP contribution >= 0.6 is 0 Å². The molecule has 1 heterocycles. The van der Waals surface area contributed by atoms with E-state index in [0.717, 1.165) is 12.8 Å². The lowest BCUT2D eigenvalue weighted by atomic mass is 10.2. The Labute approximate surface area is 110 Å². The second-order valence-electron chi connectivity index (χ2n) is 4.59. The highest BCUT2D eigenvalue weighted by Crippen LogP contribution is 2.16. The third-order valence-electron chi connectivity index (χ3n) is 3.23. The van der Waals surface area contributed by atoms with Gasteiger partial charge in [0.15, 0.2) is 0 Å². The summed E-state index contributed by atoms with van der Waals surface area (Å²) in [6.07, 6.45) is 5.90. The molecule has 1 aliphatic rings. The van der Waals surface area contributed by atoms with Gasteiger partial charge < -0.3 is 5.32 Å². The molecule has 1 aliphatic carbocycles. The number of benzene rings is 1. The Hall–Kier alpha value is -2.23. The molecule has 1 aromatic carbocycles. The number of carbonyl (C=O) groups excluding carboxylic acids is 1. The summed E-state index contributed by atoms with van der Waals surface area (Å²) in [5.74, 6) is -0.672. The van der Waals surface area contributed by atoms with Gasteiger partial charge in [0, 0.05) is 11.4 Å². The highest BCUT2D eigenvalue weighted by molar-refractivity contribution is 5.95. The third kappa shape index (κ3) is 2.34. The molecule has 19 heavy (non-hydrogen) atoms. The van der Waals surface area contributed by atoms with Crippen LogP contribution in [0.25, 0.3) is 10.9 Å². The van der Waals surface area contributed by atoms with Crippen LogP contribution in [0.3, 0.4) is 0 Å². The van der Waals surface area contributed by atoms with Gasteiger partial charge in [-0.05, 0) is 25.0 Å². The topological polar surface area (TPSA) is 42.0 Å². The summed E-state index contributed by atoms with van der Waals surface area (Å²) in [6.45, 7) is 0. The van der Waals surface area contributed by atoms with Crippen LogP contribution in [0.1, 0.15) is 23.3 Å². The number of carbonyl (C=O) groups is 1. The monoisotopic (exact) mass is 256 g/mol. The van der Waals surface area contributed by atoms with Gasteiger partial charge in [-0.25, -0.2) is 9.37 Å². The smallest absolute Gasteiger partial charge is 0.270 e. The second-order valence-corrected chi connectivity index (χ2v) is 4.59. The number of fused-ring (bicyclic) bond motifs is 1. The Kier molecular flexibility index (Phi) is 2.99. The Bertz CT molecular complexity index is 666. The van der Waals surface area contributed by atoms with E-state index in [9.17, 15) is 9.18 Å². The molecule has 1 unspecified atom stereocenters. The second kappa shape index (κ2) is 4.80. The molecule has 1 amide bonds. The average Bonchev–Trinajstić information content (AvgIpc) is 2.92. The zero-order chi connectivity index (χ0) is 13.2. The van der Waals surface area contributed by atoms with Crippen LogP contribution in [0.2, 0.25) is 0 Å². The molecule has 0 saturated carbocycles. The van der Waals surface area contributed by atoms with Crippen molar-refractivity contribution in [2.75, 3.05) is 0 Å². The van der Waals surface area contributed by atoms with Crippen molar-refractivity contribution in [2.24, 2.45) is 0 Å². The van der Waals surface area contributed by atoms with Gasteiger partial charge >= 0.3 is 0 Å². The number of allylic oxidation sites excluding steroid dienone is 1. The van der Waals surface area contributed by atoms with Crippen molar-refractivity contribution >= 4 is 16.8 Å². The molecule has 3 rings (SSSR count). The first kappa shape index (κ1) is 11.8. The van der Waals surface area contributed by atoms with Gasteiger partial charge in [0.1, 0.15) is 17.0 Å². The van der Waals surface area contributed by atoms with Crippen LogP contribution in [0.4, 0.5) is 4.39 Å². The largest absolute Gasteiger partial charge is 0.344 e. The minimum absolute atomic E-state index is 0.0608. The molecule has 0 aliphatic heterocycles. The van der Waals surface area contributed by atoms with Gasteiger partial charge in [0.2, 0.25) is 0 Å². The molecule has 1 N–H and O–H groups in total. The van der Waals surface area contributed by atoms with Gasteiger partial charge in [-0.1, -0.05) is 30.4 Å². The molecular formula is C15H13FN2O. The van der Waals surface area contributed by atoms with Crippen LogP contribution in [0, 0.1) is 5.82 Å². The van der Waals surface area contributed by atoms with Crippen LogP contribution in [0.5, 0.6) is 0 Å². The standard InChI is InChI=1S/C15H13FN2O/c16-12-7-3-4-10-8-9-13(18-14(10)12)15(19)17-11-5-1-2-6-11/h1,3-5,7-9,11H,2,6H2,(H,17,19). The Morgan fingerprint density at radius 2 is 2.21 bits per heavy atom. The van der Waals surface area contributed by atoms with E-state index in [4.69, 9.17) is 0 Å². The fourth-order valence-electron chi connectivity index (χ4n) is 2.23. The molecule has 0 fully saturated rings. The fourth-order valence-corrected chi connectivity index (χ4v) is 2.23. The van der Waals surface area contributed by atoms with Crippen LogP contribution in [0.15, 0.2) is 42.5 Å². The van der Waals surface area contributed by atoms with E-state index in [1.165, 1.54) is 6.07 Å². The predicted octanol–water partition coefficient (Wildman–Crippen LogP) is 2.82. The molecule has 0 spiro atoms. The van der Waals surface area contributed by atoms with E-state index in [1.807, 2.05) is 12.2 Å². The quantitative estimate of drug-likeness (QED) is 0.839. The van der Waals surface area contributed by atoms with Crippen molar-refractivity contribution in [3.63, 3.8) is 0 Å². The number of amides is 1. The lowest BCUT2D eigenvalue weighted by Crippen LogP contribution is -2.32. The number of hydrogen-bond donors (Lipinski definition) is 1. The van der Waals surface area contributed by atoms with E-state index in [2.05, 4.69) is 10.3 Å². The molecule has 1 atom stereocenters. The van der Waals surface area contributed by atoms with Crippen molar-refractivity contribution in [1.29, 1.82) is 0 Å². The summed E-state index contributed by atoms with van der Waals surface area (Å²) < 4.78 is 13.6. The maximum atomic E-state index is 13.6. The molecule has 4 heteroatoms. The van der Waals surface area contributed by atoms with Crippen LogP contribution in [-0.4, -0.2) is 16.9 Å². The van der Waals surface area contributed by atoms with E-state index in [0.29, 0.717) is 5.39 Å². The molecule has 2 aromatic rings. The molecule has 96 valence electrons. The number of nitrogens with zero attached hydrogens (tertiary/aromatic N) is 1. The Morgan fingerprint density at radius 1 is 1.32 bits per heavy atom. The number of hydrogen-bond acceptors (Lipinski definition) is 2. The maximum absolute atomic E-state index is 13.6. The van der Waals surface area contributed by atoms with E-state index < -0.39 is 5.82 Å². The number of aromatic nitrogens is 1. The SMILES string of the molecule is O=C(NC1C=CCC1)c1ccc2cccc(F)c2n1. The third-order valence-corrected chi connectivity index (χ3v) is 3.23. The summed E-state index contributed by atoms with van der Waals surface area (Å²) >= 11 is 0. The minimum atomic E-state index is -0.409. The van der Waals surface area contributed by atoms with Crippen molar-refractivity contribution < 1.29 is 9.18 Å². The lowest BCUT2D eigenvalue weighted by Gasteiger charge is -2.10. The number of halogens is 1. The molecule has 3 nitrogen and oxygen atoms in total. The van der Waals surface area contributed by atoms with Gasteiger partial charge in [0.25, 0.3) is 5.91 Å². The number of nitrogens with one attached hydrogen (secondary N) is 1. The molecule has 0 saturated heterocycles. The van der Waals surface area contributed by atoms with Crippen molar-refractivity contribution in [3.05, 3.63) is 54.0 Å². The van der Waals surface area contributed by atoms with Crippen molar-refractivity contribution in [3.8, 4) is 0 Å². The molecule has 0 bridgehead atoms. The summed E-state index contributed by atoms with van der Waals surface area (Å²) in [6, 6.07) is 8.14. The predicted molar refractivity (Wildman–Crippen MR) is 71.3 cm³/mol. The molecule has 0 radical (unpaired) electrons. The fraction of sp³-hybridized carbons (Fsp3) is 0.200. The van der Waals surface area contributed by atoms with Crippen LogP contribution < -0.4 is 5.32 Å². The first-order chi connectivity index (χ1) is 9.24. The van der Waals surface area contributed by atoms with Crippen molar-refractivity contribution in [2.45, 2.75) is 18.9 Å². The number of pyridine rings is 1. The van der Waals surface area contributed by atoms with E-state index in [-0.39, 0.29) is 23.2 Å². The zero-order valence-electron chi connectivity index (χ0n) is 10.3. The zero-order valence-corrected chi connectivity index (χ0v) is 10.3. The molecular weight excluding hydrogens is 243 g/mol. The Morgan fingerprint density at radius 3 is 3.00 bits per heavy atom. The first-order valence-electron chi connectivity index (χ1n) is 6.27. The number of rotatable bonds is 2. The van der Waals surface area contributed by atoms with E-state index >= 15 is 0 Å². The summed E-state index contributed by atoms with van der Waals surface area (Å²) in [5, 5.41) is 3.56. The van der Waals surface area contributed by atoms with E-state index in [1.54, 1.807) is 24.3 Å². The van der Waals surface area contributed by atoms with Gasteiger partial charge in [-0.3, -0.25) is 4.79 Å². The Balaban J connectivity index is 1.90. The average molecular weight is 256 g/mol. The summed E-state index contributed by atoms with van der Waals surface area (Å²) in [4.78, 5) is 16.1. The van der Waals surface area contributed by atoms with Crippen molar-refractivity contribution in [1.82, 2.24) is 10.3 Å². The first-order valence-corrected chi connectivity index (χ1v) is 6.27. The van der Waals surface area contributed by atoms with Crippen LogP contribution in [-0.2, 0) is 0 Å². The summed E-state index contributed by atoms with van der Waals surface area (Å²) in [5.41, 5.74) is 0.481. The minimum Gasteiger partial charge on any atom is -0.344 e. The molecule has 1 aromatic heterocycles. The number of para-hydroxylation sites is 1. The summed E-state index contributed by atoms with van der Waals surface area (Å²) in [7, 11) is 0. The van der Waals surface area contributed by atoms with Gasteiger partial charge in [-0.2, -0.15) is 0 Å². The van der Waals surface area contributed by atoms with Gasteiger partial charge in [-0.15, -0.1) is 0 Å². The normalized spacial score (nSPS) is 17.8. The van der Waals surface area contributed by atoms with Gasteiger partial charge in [0.05, 0.1) is 0 Å². The highest BCUT2D eigenvalue weighted by Gasteiger charge is 2.15. The maximum Gasteiger partial charge on any atom is 0.270 e.